The molecule has 0 bridgehead atoms. The van der Waals surface area contributed by atoms with Gasteiger partial charge in [0.25, 0.3) is 0 Å². The molecule has 0 saturated heterocycles. The Morgan fingerprint density at radius 2 is 2.14 bits per heavy atom. The second-order valence-corrected chi connectivity index (χ2v) is 4.08. The van der Waals surface area contributed by atoms with E-state index in [2.05, 4.69) is 15.3 Å². The molecule has 114 valence electrons. The van der Waals surface area contributed by atoms with E-state index in [1.54, 1.807) is 6.92 Å². The van der Waals surface area contributed by atoms with Crippen molar-refractivity contribution in [2.24, 2.45) is 5.11 Å². The van der Waals surface area contributed by atoms with Gasteiger partial charge in [-0.3, -0.25) is 0 Å². The summed E-state index contributed by atoms with van der Waals surface area (Å²) >= 11 is 0. The van der Waals surface area contributed by atoms with Crippen molar-refractivity contribution in [2.75, 3.05) is 19.7 Å². The molecular weight excluding hydrogens is 282 g/mol. The molecule has 0 fully saturated rings. The standard InChI is InChI=1S/C13H16F2N4O2/c1-2-21-13(20)12(17-7-4-8-18-19-16)11-9(14)5-3-6-10(11)15/h3,5-6,12,17H,2,4,7-8H2,1H3. The summed E-state index contributed by atoms with van der Waals surface area (Å²) in [5.41, 5.74) is 7.77. The molecule has 1 rings (SSSR count). The van der Waals surface area contributed by atoms with Gasteiger partial charge in [0.1, 0.15) is 17.7 Å². The van der Waals surface area contributed by atoms with Crippen molar-refractivity contribution in [3.8, 4) is 0 Å². The minimum absolute atomic E-state index is 0.103. The lowest BCUT2D eigenvalue weighted by atomic mass is 10.1. The maximum absolute atomic E-state index is 13.8. The van der Waals surface area contributed by atoms with E-state index < -0.39 is 23.6 Å². The number of nitrogens with one attached hydrogen (secondary N) is 1. The molecule has 0 aliphatic rings. The molecule has 6 nitrogen and oxygen atoms in total. The lowest BCUT2D eigenvalue weighted by Crippen LogP contribution is -2.32. The van der Waals surface area contributed by atoms with Crippen LogP contribution in [-0.4, -0.2) is 25.7 Å². The van der Waals surface area contributed by atoms with E-state index in [4.69, 9.17) is 10.3 Å². The summed E-state index contributed by atoms with van der Waals surface area (Å²) in [6.07, 6.45) is 0.427. The quantitative estimate of drug-likeness (QED) is 0.263. The highest BCUT2D eigenvalue weighted by molar-refractivity contribution is 5.77. The number of nitrogens with zero attached hydrogens (tertiary/aromatic N) is 3. The number of hydrogen-bond acceptors (Lipinski definition) is 4. The molecule has 1 aromatic carbocycles. The first-order valence-electron chi connectivity index (χ1n) is 6.46. The van der Waals surface area contributed by atoms with Gasteiger partial charge in [-0.25, -0.2) is 13.6 Å². The topological polar surface area (TPSA) is 87.1 Å². The highest BCUT2D eigenvalue weighted by Crippen LogP contribution is 2.22. The monoisotopic (exact) mass is 298 g/mol. The van der Waals surface area contributed by atoms with Crippen molar-refractivity contribution < 1.29 is 18.3 Å². The van der Waals surface area contributed by atoms with Crippen molar-refractivity contribution in [1.29, 1.82) is 0 Å². The molecule has 0 aromatic heterocycles. The Morgan fingerprint density at radius 1 is 1.48 bits per heavy atom. The Hall–Kier alpha value is -2.18. The number of hydrogen-bond donors (Lipinski definition) is 1. The Kier molecular flexibility index (Phi) is 7.14. The normalized spacial score (nSPS) is 11.6. The number of azide groups is 1. The van der Waals surface area contributed by atoms with E-state index in [9.17, 15) is 13.6 Å². The summed E-state index contributed by atoms with van der Waals surface area (Å²) in [6.45, 7) is 2.18. The molecule has 0 heterocycles. The average Bonchev–Trinajstić information content (AvgIpc) is 2.45. The lowest BCUT2D eigenvalue weighted by molar-refractivity contribution is -0.146. The number of rotatable bonds is 8. The zero-order valence-electron chi connectivity index (χ0n) is 11.6. The van der Waals surface area contributed by atoms with Gasteiger partial charge in [0.15, 0.2) is 0 Å². The summed E-state index contributed by atoms with van der Waals surface area (Å²) in [5.74, 6) is -2.41. The molecule has 1 aromatic rings. The van der Waals surface area contributed by atoms with E-state index in [0.29, 0.717) is 6.42 Å². The Balaban J connectivity index is 2.86. The zero-order valence-corrected chi connectivity index (χ0v) is 11.6. The second kappa shape index (κ2) is 8.89. The summed E-state index contributed by atoms with van der Waals surface area (Å²) in [4.78, 5) is 14.5. The molecule has 0 radical (unpaired) electrons. The van der Waals surface area contributed by atoms with Gasteiger partial charge in [-0.1, -0.05) is 11.2 Å². The zero-order chi connectivity index (χ0) is 15.7. The fourth-order valence-corrected chi connectivity index (χ4v) is 1.76. The number of carbonyl (C=O) groups is 1. The molecule has 21 heavy (non-hydrogen) atoms. The van der Waals surface area contributed by atoms with Crippen molar-refractivity contribution in [3.05, 3.63) is 45.8 Å². The first-order chi connectivity index (χ1) is 10.1. The average molecular weight is 298 g/mol. The van der Waals surface area contributed by atoms with Gasteiger partial charge in [-0.15, -0.1) is 0 Å². The molecular formula is C13H16F2N4O2. The number of benzene rings is 1. The van der Waals surface area contributed by atoms with Gasteiger partial charge < -0.3 is 10.1 Å². The molecule has 0 aliphatic heterocycles. The molecule has 0 spiro atoms. The van der Waals surface area contributed by atoms with Crippen molar-refractivity contribution in [2.45, 2.75) is 19.4 Å². The molecule has 0 saturated carbocycles. The maximum atomic E-state index is 13.8. The molecule has 1 atom stereocenters. The van der Waals surface area contributed by atoms with E-state index >= 15 is 0 Å². The summed E-state index contributed by atoms with van der Waals surface area (Å²) in [7, 11) is 0. The smallest absolute Gasteiger partial charge is 0.327 e. The van der Waals surface area contributed by atoms with Gasteiger partial charge >= 0.3 is 5.97 Å². The predicted molar refractivity (Wildman–Crippen MR) is 72.4 cm³/mol. The third-order valence-electron chi connectivity index (χ3n) is 2.66. The number of ether oxygens (including phenoxy) is 1. The number of esters is 1. The van der Waals surface area contributed by atoms with E-state index in [1.165, 1.54) is 6.07 Å². The number of halogens is 2. The molecule has 0 amide bonds. The van der Waals surface area contributed by atoms with E-state index in [0.717, 1.165) is 12.1 Å². The van der Waals surface area contributed by atoms with Crippen LogP contribution in [0.5, 0.6) is 0 Å². The van der Waals surface area contributed by atoms with E-state index in [1.807, 2.05) is 0 Å². The molecule has 1 N–H and O–H groups in total. The Bertz CT molecular complexity index is 513. The largest absolute Gasteiger partial charge is 0.465 e. The molecule has 8 heteroatoms. The molecule has 1 unspecified atom stereocenters. The summed E-state index contributed by atoms with van der Waals surface area (Å²) in [6, 6.07) is 2.13. The van der Waals surface area contributed by atoms with Crippen LogP contribution >= 0.6 is 0 Å². The minimum Gasteiger partial charge on any atom is -0.465 e. The van der Waals surface area contributed by atoms with Crippen LogP contribution in [0.25, 0.3) is 10.4 Å². The SMILES string of the molecule is CCOC(=O)C(NCCCN=[N+]=[N-])c1c(F)cccc1F. The van der Waals surface area contributed by atoms with Gasteiger partial charge in [-0.05, 0) is 37.6 Å². The minimum atomic E-state index is -1.24. The Morgan fingerprint density at radius 3 is 2.71 bits per heavy atom. The van der Waals surface area contributed by atoms with Crippen LogP contribution in [0.2, 0.25) is 0 Å². The fraction of sp³-hybridized carbons (Fsp3) is 0.462. The first kappa shape index (κ1) is 16.9. The van der Waals surface area contributed by atoms with Gasteiger partial charge in [0.2, 0.25) is 0 Å². The van der Waals surface area contributed by atoms with Crippen LogP contribution in [0.15, 0.2) is 23.3 Å². The van der Waals surface area contributed by atoms with Gasteiger partial charge in [0.05, 0.1) is 12.2 Å². The third kappa shape index (κ3) is 5.02. The Labute approximate surface area is 120 Å². The van der Waals surface area contributed by atoms with Crippen LogP contribution in [0.1, 0.15) is 24.9 Å². The van der Waals surface area contributed by atoms with Crippen LogP contribution < -0.4 is 5.32 Å². The molecule has 0 aliphatic carbocycles. The van der Waals surface area contributed by atoms with Crippen molar-refractivity contribution in [3.63, 3.8) is 0 Å². The first-order valence-corrected chi connectivity index (χ1v) is 6.46. The lowest BCUT2D eigenvalue weighted by Gasteiger charge is -2.18. The van der Waals surface area contributed by atoms with Crippen LogP contribution in [0.4, 0.5) is 8.78 Å². The maximum Gasteiger partial charge on any atom is 0.327 e. The fourth-order valence-electron chi connectivity index (χ4n) is 1.76. The van der Waals surface area contributed by atoms with Crippen LogP contribution in [0, 0.1) is 11.6 Å². The van der Waals surface area contributed by atoms with Crippen LogP contribution in [0.3, 0.4) is 0 Å². The van der Waals surface area contributed by atoms with E-state index in [-0.39, 0.29) is 25.3 Å². The number of carbonyl (C=O) groups excluding carboxylic acids is 1. The summed E-state index contributed by atoms with van der Waals surface area (Å²) < 4.78 is 32.4. The van der Waals surface area contributed by atoms with Crippen molar-refractivity contribution >= 4 is 5.97 Å². The second-order valence-electron chi connectivity index (χ2n) is 4.08. The highest BCUT2D eigenvalue weighted by Gasteiger charge is 2.27. The van der Waals surface area contributed by atoms with Crippen molar-refractivity contribution in [1.82, 2.24) is 5.32 Å². The summed E-state index contributed by atoms with van der Waals surface area (Å²) in [5, 5.41) is 6.06. The van der Waals surface area contributed by atoms with Crippen LogP contribution in [-0.2, 0) is 9.53 Å². The third-order valence-corrected chi connectivity index (χ3v) is 2.66. The van der Waals surface area contributed by atoms with Gasteiger partial charge in [0, 0.05) is 11.5 Å². The predicted octanol–water partition coefficient (Wildman–Crippen LogP) is 2.86. The highest BCUT2D eigenvalue weighted by atomic mass is 19.1. The van der Waals surface area contributed by atoms with Gasteiger partial charge in [-0.2, -0.15) is 0 Å².